The average molecular weight is 208 g/mol. The fourth-order valence-electron chi connectivity index (χ4n) is 0.642. The number of hydrogen-bond donors (Lipinski definition) is 0. The van der Waals surface area contributed by atoms with E-state index in [9.17, 15) is 0 Å². The molecular weight excluding hydrogens is 192 g/mol. The maximum Gasteiger partial charge on any atom is 0 e. The summed E-state index contributed by atoms with van der Waals surface area (Å²) in [5.74, 6) is 0. The number of hydrogen-bond acceptors (Lipinski definition) is 0. The summed E-state index contributed by atoms with van der Waals surface area (Å²) in [6.45, 7) is 0. The van der Waals surface area contributed by atoms with Crippen molar-refractivity contribution in [1.29, 1.82) is 0 Å². The molecule has 0 saturated carbocycles. The van der Waals surface area contributed by atoms with E-state index in [0.717, 1.165) is 0 Å². The molecule has 1 heteroatoms. The molecule has 0 N–H and O–H groups in total. The third kappa shape index (κ3) is 11.4. The molecule has 0 unspecified atom stereocenters. The van der Waals surface area contributed by atoms with E-state index in [0.29, 0.717) is 0 Å². The second kappa shape index (κ2) is 14.0. The summed E-state index contributed by atoms with van der Waals surface area (Å²) in [5, 5.41) is 0. The van der Waals surface area contributed by atoms with Gasteiger partial charge in [-0.05, 0) is 0 Å². The first-order valence-electron chi connectivity index (χ1n) is 3.33. The molecule has 0 atom stereocenters. The van der Waals surface area contributed by atoms with Gasteiger partial charge in [-0.25, -0.2) is 24.3 Å². The largest absolute Gasteiger partial charge is 0.358 e. The molecule has 0 heterocycles. The molecule has 0 spiro atoms. The van der Waals surface area contributed by atoms with Gasteiger partial charge in [-0.15, -0.1) is 0 Å². The van der Waals surface area contributed by atoms with Gasteiger partial charge in [0.25, 0.3) is 0 Å². The first-order chi connectivity index (χ1) is 5.00. The Kier molecular flexibility index (Phi) is 19.6. The van der Waals surface area contributed by atoms with Crippen molar-refractivity contribution in [2.75, 3.05) is 0 Å². The van der Waals surface area contributed by atoms with Crippen LogP contribution in [0.15, 0.2) is 60.7 Å². The molecule has 72 valence electrons. The van der Waals surface area contributed by atoms with Crippen LogP contribution in [0.3, 0.4) is 0 Å². The zero-order chi connectivity index (χ0) is 7.07. The maximum atomic E-state index is 2.00. The van der Waals surface area contributed by atoms with Crippen molar-refractivity contribution < 1.29 is 21.7 Å². The van der Waals surface area contributed by atoms with Crippen molar-refractivity contribution in [3.05, 3.63) is 75.5 Å². The zero-order valence-electron chi connectivity index (χ0n) is 8.27. The van der Waals surface area contributed by atoms with E-state index < -0.39 is 0 Å². The minimum absolute atomic E-state index is 0. The summed E-state index contributed by atoms with van der Waals surface area (Å²) in [6.07, 6.45) is 0. The van der Waals surface area contributed by atoms with Crippen LogP contribution in [-0.2, 0) is 21.7 Å². The molecule has 2 aromatic carbocycles. The monoisotopic (exact) mass is 208 g/mol. The third-order valence-electron chi connectivity index (χ3n) is 1.11. The van der Waals surface area contributed by atoms with Crippen LogP contribution in [0.1, 0.15) is 0 Å². The Morgan fingerprint density at radius 3 is 0.846 bits per heavy atom. The van der Waals surface area contributed by atoms with E-state index in [2.05, 4.69) is 0 Å². The molecule has 0 amide bonds. The predicted octanol–water partition coefficient (Wildman–Crippen LogP) is 3.71. The second-order valence-corrected chi connectivity index (χ2v) is 1.92. The van der Waals surface area contributed by atoms with Crippen LogP contribution >= 0.6 is 0 Å². The molecule has 0 fully saturated rings. The Bertz CT molecular complexity index is 144. The van der Waals surface area contributed by atoms with Gasteiger partial charge in [0.1, 0.15) is 0 Å². The molecule has 0 aliphatic rings. The van der Waals surface area contributed by atoms with Gasteiger partial charge in [-0.2, -0.15) is 36.4 Å². The third-order valence-corrected chi connectivity index (χ3v) is 1.11. The van der Waals surface area contributed by atoms with Gasteiger partial charge in [0.2, 0.25) is 0 Å². The predicted molar refractivity (Wildman–Crippen MR) is 56.9 cm³/mol. The summed E-state index contributed by atoms with van der Waals surface area (Å²) >= 11 is 0. The van der Waals surface area contributed by atoms with Crippen molar-refractivity contribution >= 4 is 0 Å². The van der Waals surface area contributed by atoms with Crippen LogP contribution in [0.25, 0.3) is 0 Å². The fourth-order valence-corrected chi connectivity index (χ4v) is 0.642. The maximum absolute atomic E-state index is 2.00. The van der Waals surface area contributed by atoms with E-state index >= 15 is 0 Å². The first-order valence-corrected chi connectivity index (χ1v) is 3.33. The molecule has 0 nitrogen and oxygen atoms in total. The van der Waals surface area contributed by atoms with Gasteiger partial charge in [-0.1, -0.05) is 0 Å². The van der Waals surface area contributed by atoms with Gasteiger partial charge >= 0.3 is 0 Å². The van der Waals surface area contributed by atoms with Crippen molar-refractivity contribution in [2.45, 2.75) is 0 Å². The van der Waals surface area contributed by atoms with Crippen molar-refractivity contribution in [3.8, 4) is 0 Å². The van der Waals surface area contributed by atoms with E-state index in [1.165, 1.54) is 0 Å². The molecule has 2 rings (SSSR count). The molecule has 0 aliphatic heterocycles. The topological polar surface area (TPSA) is 0 Å². The van der Waals surface area contributed by atoms with Crippen molar-refractivity contribution in [2.24, 2.45) is 0 Å². The Morgan fingerprint density at radius 2 is 0.769 bits per heavy atom. The fraction of sp³-hybridized carbons (Fsp3) is 0. The summed E-state index contributed by atoms with van der Waals surface area (Å²) in [5.41, 5.74) is 0. The van der Waals surface area contributed by atoms with Gasteiger partial charge < -0.3 is 14.9 Å². The molecule has 0 bridgehead atoms. The molecule has 0 radical (unpaired) electrons. The van der Waals surface area contributed by atoms with Crippen molar-refractivity contribution in [1.82, 2.24) is 0 Å². The quantitative estimate of drug-likeness (QED) is 0.457. The summed E-state index contributed by atoms with van der Waals surface area (Å²) in [6, 6.07) is 20.0. The average Bonchev–Trinajstić information content (AvgIpc) is 2.67. The van der Waals surface area contributed by atoms with Crippen LogP contribution in [-0.4, -0.2) is 0 Å². The molecule has 0 saturated heterocycles. The van der Waals surface area contributed by atoms with E-state index in [1.807, 2.05) is 60.7 Å². The van der Waals surface area contributed by atoms with Crippen molar-refractivity contribution in [3.63, 3.8) is 0 Å². The summed E-state index contributed by atoms with van der Waals surface area (Å²) < 4.78 is 0. The molecule has 2 aromatic rings. The van der Waals surface area contributed by atoms with Crippen LogP contribution < -0.4 is 0 Å². The Labute approximate surface area is 97.2 Å². The minimum atomic E-state index is 0. The Balaban J connectivity index is -0.000000125. The van der Waals surface area contributed by atoms with E-state index in [1.54, 1.807) is 0 Å². The van der Waals surface area contributed by atoms with Gasteiger partial charge in [0.05, 0.1) is 0 Å². The Hall–Kier alpha value is -0.586. The summed E-state index contributed by atoms with van der Waals surface area (Å²) in [4.78, 5) is 0. The van der Waals surface area contributed by atoms with E-state index in [-0.39, 0.29) is 36.6 Å². The second-order valence-electron chi connectivity index (χ2n) is 1.92. The van der Waals surface area contributed by atoms with Crippen LogP contribution in [0, 0.1) is 14.9 Å². The Morgan fingerprint density at radius 1 is 0.538 bits per heavy atom. The first kappa shape index (κ1) is 18.2. The van der Waals surface area contributed by atoms with Gasteiger partial charge in [-0.3, -0.25) is 0 Å². The SMILES string of the molecule is [CH3-].[CH3-].[Ti].c1cc[cH-]c1.c1cc[cH-]c1. The molecule has 13 heavy (non-hydrogen) atoms. The van der Waals surface area contributed by atoms with Gasteiger partial charge in [0, 0.05) is 21.7 Å². The van der Waals surface area contributed by atoms with Crippen LogP contribution in [0.4, 0.5) is 0 Å². The zero-order valence-corrected chi connectivity index (χ0v) is 9.84. The van der Waals surface area contributed by atoms with Crippen LogP contribution in [0.2, 0.25) is 0 Å². The van der Waals surface area contributed by atoms with Crippen LogP contribution in [0.5, 0.6) is 0 Å². The minimum Gasteiger partial charge on any atom is -0.358 e. The normalized spacial score (nSPS) is 6.15. The smallest absolute Gasteiger partial charge is 0 e. The molecule has 0 aromatic heterocycles. The summed E-state index contributed by atoms with van der Waals surface area (Å²) in [7, 11) is 0. The standard InChI is InChI=1S/2C5H5.2CH3.Ti/c2*1-2-4-5-3-1;;;/h2*1-5H;2*1H3;/q4*-1;. The van der Waals surface area contributed by atoms with Gasteiger partial charge in [0.15, 0.2) is 0 Å². The van der Waals surface area contributed by atoms with E-state index in [4.69, 9.17) is 0 Å². The number of rotatable bonds is 0. The molecule has 0 aliphatic carbocycles. The molecular formula is C12H16Ti-4.